The molecule has 0 aliphatic rings. The molecule has 0 saturated carbocycles. The van der Waals surface area contributed by atoms with Crippen molar-refractivity contribution in [3.63, 3.8) is 0 Å². The minimum atomic E-state index is -3.28. The number of primary amides is 1. The fourth-order valence-electron chi connectivity index (χ4n) is 3.76. The van der Waals surface area contributed by atoms with Crippen molar-refractivity contribution < 1.29 is 42.1 Å². The van der Waals surface area contributed by atoms with Crippen molar-refractivity contribution >= 4 is 11.7 Å². The second-order valence-corrected chi connectivity index (χ2v) is 8.48. The highest BCUT2D eigenvalue weighted by molar-refractivity contribution is 5.96. The molecule has 11 heteroatoms. The number of Topliss-reactive ketones (excluding diaryl/α,β-unsaturated/α-hetero) is 1. The lowest BCUT2D eigenvalue weighted by atomic mass is 9.90. The number of amides is 1. The Morgan fingerprint density at radius 3 is 2.32 bits per heavy atom. The molecule has 1 unspecified atom stereocenters. The summed E-state index contributed by atoms with van der Waals surface area (Å²) in [5, 5.41) is 11.0. The smallest absolute Gasteiger partial charge is 0.272 e. The third kappa shape index (κ3) is 6.23. The van der Waals surface area contributed by atoms with Crippen molar-refractivity contribution in [1.29, 1.82) is 0 Å². The zero-order valence-corrected chi connectivity index (χ0v) is 21.0. The molecule has 2 aromatic carbocycles. The first-order chi connectivity index (χ1) is 18.0. The summed E-state index contributed by atoms with van der Waals surface area (Å²) in [7, 11) is 2.69. The van der Waals surface area contributed by atoms with Gasteiger partial charge in [-0.25, -0.2) is 18.2 Å². The van der Waals surface area contributed by atoms with E-state index in [1.807, 2.05) is 0 Å². The Labute approximate surface area is 217 Å². The highest BCUT2D eigenvalue weighted by Gasteiger charge is 2.42. The Morgan fingerprint density at radius 1 is 1.03 bits per heavy atom. The van der Waals surface area contributed by atoms with Gasteiger partial charge in [-0.3, -0.25) is 9.59 Å². The van der Waals surface area contributed by atoms with Gasteiger partial charge in [0.1, 0.15) is 17.3 Å². The van der Waals surface area contributed by atoms with Crippen LogP contribution in [0.2, 0.25) is 0 Å². The summed E-state index contributed by atoms with van der Waals surface area (Å²) in [5.41, 5.74) is 2.90. The molecule has 0 aliphatic carbocycles. The summed E-state index contributed by atoms with van der Waals surface area (Å²) in [6.45, 7) is 1.14. The van der Waals surface area contributed by atoms with Crippen LogP contribution in [-0.4, -0.2) is 49.0 Å². The average molecular weight is 533 g/mol. The number of carbonyl (C=O) groups excluding carboxylic acids is 2. The van der Waals surface area contributed by atoms with Crippen LogP contribution in [0, 0.1) is 12.7 Å². The van der Waals surface area contributed by atoms with E-state index in [4.69, 9.17) is 19.9 Å². The van der Waals surface area contributed by atoms with Gasteiger partial charge in [-0.15, -0.1) is 0 Å². The van der Waals surface area contributed by atoms with E-state index in [-0.39, 0.29) is 34.2 Å². The standard InChI is InChI=1S/C27H27F3N2O6/c1-15-12-17(4-6-18(15)28)25-21(36-2)8-9-23(32-25)27(35,26(29)30)11-10-19(33)16-5-7-20(22(13-16)37-3)38-14-24(31)34/h4-9,12-13,26,35H,10-11,14H2,1-3H3,(H2,31,34). The maximum absolute atomic E-state index is 14.2. The molecule has 202 valence electrons. The molecule has 1 amide bonds. The van der Waals surface area contributed by atoms with E-state index in [0.717, 1.165) is 0 Å². The van der Waals surface area contributed by atoms with Crippen molar-refractivity contribution in [2.75, 3.05) is 20.8 Å². The highest BCUT2D eigenvalue weighted by atomic mass is 19.3. The van der Waals surface area contributed by atoms with Gasteiger partial charge >= 0.3 is 0 Å². The van der Waals surface area contributed by atoms with Crippen LogP contribution in [0.25, 0.3) is 11.3 Å². The Balaban J connectivity index is 1.88. The number of nitrogens with zero attached hydrogens (tertiary/aromatic N) is 1. The van der Waals surface area contributed by atoms with Crippen LogP contribution in [0.5, 0.6) is 17.2 Å². The fraction of sp³-hybridized carbons (Fsp3) is 0.296. The summed E-state index contributed by atoms with van der Waals surface area (Å²) in [5.74, 6) is -1.17. The normalized spacial score (nSPS) is 12.6. The second-order valence-electron chi connectivity index (χ2n) is 8.48. The molecule has 0 aliphatic heterocycles. The molecule has 1 heterocycles. The molecule has 0 radical (unpaired) electrons. The number of hydrogen-bond acceptors (Lipinski definition) is 7. The minimum Gasteiger partial charge on any atom is -0.494 e. The number of ketones is 1. The quantitative estimate of drug-likeness (QED) is 0.336. The number of nitrogens with two attached hydrogens (primary N) is 1. The third-order valence-electron chi connectivity index (χ3n) is 5.90. The predicted octanol–water partition coefficient (Wildman–Crippen LogP) is 4.19. The molecule has 3 aromatic rings. The van der Waals surface area contributed by atoms with Crippen LogP contribution in [0.4, 0.5) is 13.2 Å². The number of aryl methyl sites for hydroxylation is 1. The zero-order chi connectivity index (χ0) is 28.0. The second kappa shape index (κ2) is 12.0. The lowest BCUT2D eigenvalue weighted by molar-refractivity contribution is -0.119. The molecule has 0 spiro atoms. The molecule has 8 nitrogen and oxygen atoms in total. The fourth-order valence-corrected chi connectivity index (χ4v) is 3.76. The molecule has 3 rings (SSSR count). The number of rotatable bonds is 12. The molecule has 0 bridgehead atoms. The summed E-state index contributed by atoms with van der Waals surface area (Å²) in [4.78, 5) is 28.0. The van der Waals surface area contributed by atoms with Crippen molar-refractivity contribution in [1.82, 2.24) is 4.98 Å². The van der Waals surface area contributed by atoms with E-state index in [1.54, 1.807) is 6.92 Å². The lowest BCUT2D eigenvalue weighted by Crippen LogP contribution is -2.36. The SMILES string of the molecule is COc1cc(C(=O)CCC(O)(c2ccc(OC)c(-c3ccc(F)c(C)c3)n2)C(F)F)ccc1OCC(N)=O. The van der Waals surface area contributed by atoms with Crippen LogP contribution >= 0.6 is 0 Å². The van der Waals surface area contributed by atoms with E-state index >= 15 is 0 Å². The molecule has 3 N–H and O–H groups in total. The van der Waals surface area contributed by atoms with Crippen LogP contribution in [0.3, 0.4) is 0 Å². The Bertz CT molecular complexity index is 1330. The number of methoxy groups -OCH3 is 2. The Hall–Kier alpha value is -4.12. The first kappa shape index (κ1) is 28.5. The first-order valence-corrected chi connectivity index (χ1v) is 11.4. The maximum atomic E-state index is 14.2. The zero-order valence-electron chi connectivity index (χ0n) is 21.0. The van der Waals surface area contributed by atoms with Crippen molar-refractivity contribution in [2.45, 2.75) is 31.8 Å². The topological polar surface area (TPSA) is 121 Å². The van der Waals surface area contributed by atoms with Gasteiger partial charge < -0.3 is 25.1 Å². The van der Waals surface area contributed by atoms with Gasteiger partial charge in [0.15, 0.2) is 29.5 Å². The highest BCUT2D eigenvalue weighted by Crippen LogP contribution is 2.37. The van der Waals surface area contributed by atoms with Crippen molar-refractivity contribution in [3.05, 3.63) is 71.2 Å². The number of pyridine rings is 1. The van der Waals surface area contributed by atoms with Gasteiger partial charge in [0.25, 0.3) is 12.3 Å². The monoisotopic (exact) mass is 532 g/mol. The van der Waals surface area contributed by atoms with E-state index in [0.29, 0.717) is 11.1 Å². The van der Waals surface area contributed by atoms with Gasteiger partial charge in [-0.05, 0) is 67.4 Å². The van der Waals surface area contributed by atoms with Crippen LogP contribution in [0.1, 0.15) is 34.5 Å². The number of hydrogen-bond donors (Lipinski definition) is 2. The molecule has 0 saturated heterocycles. The van der Waals surface area contributed by atoms with Gasteiger partial charge in [0.05, 0.1) is 19.9 Å². The molecular weight excluding hydrogens is 505 g/mol. The Morgan fingerprint density at radius 2 is 1.71 bits per heavy atom. The number of benzene rings is 2. The molecule has 1 aromatic heterocycles. The molecule has 38 heavy (non-hydrogen) atoms. The minimum absolute atomic E-state index is 0.120. The van der Waals surface area contributed by atoms with Gasteiger partial charge in [0.2, 0.25) is 0 Å². The summed E-state index contributed by atoms with van der Waals surface area (Å²) < 4.78 is 57.9. The number of aromatic nitrogens is 1. The van der Waals surface area contributed by atoms with E-state index in [2.05, 4.69) is 4.98 Å². The number of alkyl halides is 2. The van der Waals surface area contributed by atoms with E-state index < -0.39 is 49.0 Å². The van der Waals surface area contributed by atoms with Crippen molar-refractivity contribution in [2.24, 2.45) is 5.73 Å². The van der Waals surface area contributed by atoms with Gasteiger partial charge in [0, 0.05) is 17.5 Å². The predicted molar refractivity (Wildman–Crippen MR) is 132 cm³/mol. The number of ether oxygens (including phenoxy) is 3. The van der Waals surface area contributed by atoms with Gasteiger partial charge in [-0.2, -0.15) is 0 Å². The van der Waals surface area contributed by atoms with E-state index in [1.165, 1.54) is 62.8 Å². The Kier molecular flexibility index (Phi) is 8.95. The lowest BCUT2D eigenvalue weighted by Gasteiger charge is -2.27. The van der Waals surface area contributed by atoms with Crippen LogP contribution in [0.15, 0.2) is 48.5 Å². The van der Waals surface area contributed by atoms with Crippen molar-refractivity contribution in [3.8, 4) is 28.5 Å². The number of halogens is 3. The largest absolute Gasteiger partial charge is 0.494 e. The summed E-state index contributed by atoms with van der Waals surface area (Å²) in [6.07, 6.45) is -4.38. The van der Waals surface area contributed by atoms with Gasteiger partial charge in [-0.1, -0.05) is 0 Å². The summed E-state index contributed by atoms with van der Waals surface area (Å²) >= 11 is 0. The van der Waals surface area contributed by atoms with Crippen LogP contribution in [-0.2, 0) is 10.4 Å². The average Bonchev–Trinajstić information content (AvgIpc) is 2.91. The molecule has 1 atom stereocenters. The summed E-state index contributed by atoms with van der Waals surface area (Å²) in [6, 6.07) is 10.8. The first-order valence-electron chi connectivity index (χ1n) is 11.4. The van der Waals surface area contributed by atoms with Crippen LogP contribution < -0.4 is 19.9 Å². The van der Waals surface area contributed by atoms with E-state index in [9.17, 15) is 27.9 Å². The molecular formula is C27H27F3N2O6. The number of aliphatic hydroxyl groups is 1. The third-order valence-corrected chi connectivity index (χ3v) is 5.90. The molecule has 0 fully saturated rings. The maximum Gasteiger partial charge on any atom is 0.272 e. The number of carbonyl (C=O) groups is 2.